The fourth-order valence-corrected chi connectivity index (χ4v) is 17.8. The predicted molar refractivity (Wildman–Crippen MR) is 309 cm³/mol. The molecule has 8 rings (SSSR count). The molecule has 0 aromatic carbocycles. The van der Waals surface area contributed by atoms with Crippen LogP contribution in [0.5, 0.6) is 0 Å². The largest absolute Gasteiger partial charge is 0.143 e. The van der Waals surface area contributed by atoms with Crippen molar-refractivity contribution in [3.63, 3.8) is 0 Å². The molecule has 0 aliphatic heterocycles. The Bertz CT molecular complexity index is 2500. The summed E-state index contributed by atoms with van der Waals surface area (Å²) in [6.07, 6.45) is 30.3. The first-order valence-electron chi connectivity index (χ1n) is 25.0. The number of unbranched alkanes of at least 4 members (excludes halogenated alkanes) is 12. The summed E-state index contributed by atoms with van der Waals surface area (Å²) in [4.78, 5) is 19.9. The average Bonchev–Trinajstić information content (AvgIpc) is 4.17. The fraction of sp³-hybridized carbons (Fsp3) is 0.414. The van der Waals surface area contributed by atoms with Gasteiger partial charge < -0.3 is 0 Å². The molecule has 0 N–H and O–H groups in total. The smallest absolute Gasteiger partial charge is 0.0481 e. The molecule has 0 unspecified atom stereocenters. The Balaban J connectivity index is 1.01. The standard InChI is InChI=1S/C58H68S8/c1-5-9-13-17-21-41-35-37-59-55(41)51-31-27-47(63-51)49-29-33-53(65-49)57-43(23-19-15-11-7-3)39-45(61-57)25-26-46-40-44(24-20-16-12-8-4)58(62-46)54-34-30-50(66-54)48-28-32-52(64-48)56-42(36-38-60-56)22-18-14-10-6-2/h25-40H,5-24H2,1-4H3/b26-25+. The Morgan fingerprint density at radius 3 is 0.939 bits per heavy atom. The monoisotopic (exact) mass is 1020 g/mol. The van der Waals surface area contributed by atoms with Crippen LogP contribution in [-0.2, 0) is 25.7 Å². The van der Waals surface area contributed by atoms with Crippen LogP contribution in [0.4, 0.5) is 0 Å². The second-order valence-corrected chi connectivity index (χ2v) is 26.1. The van der Waals surface area contributed by atoms with Gasteiger partial charge in [0.25, 0.3) is 0 Å². The third kappa shape index (κ3) is 13.1. The van der Waals surface area contributed by atoms with Gasteiger partial charge in [0.05, 0.1) is 0 Å². The van der Waals surface area contributed by atoms with Gasteiger partial charge in [-0.05, 0) is 169 Å². The molecule has 8 aromatic rings. The van der Waals surface area contributed by atoms with Crippen molar-refractivity contribution in [2.24, 2.45) is 0 Å². The van der Waals surface area contributed by atoms with E-state index in [0.717, 1.165) is 12.8 Å². The highest BCUT2D eigenvalue weighted by atomic mass is 32.1. The lowest BCUT2D eigenvalue weighted by Crippen LogP contribution is -1.85. The third-order valence-electron chi connectivity index (χ3n) is 12.6. The lowest BCUT2D eigenvalue weighted by Gasteiger charge is -2.02. The van der Waals surface area contributed by atoms with Gasteiger partial charge in [0.2, 0.25) is 0 Å². The highest BCUT2D eigenvalue weighted by Crippen LogP contribution is 2.47. The minimum atomic E-state index is 1.15. The van der Waals surface area contributed by atoms with Crippen molar-refractivity contribution < 1.29 is 0 Å². The maximum absolute atomic E-state index is 2.51. The lowest BCUT2D eigenvalue weighted by atomic mass is 10.1. The Kier molecular flexibility index (Phi) is 19.5. The zero-order valence-corrected chi connectivity index (χ0v) is 46.2. The van der Waals surface area contributed by atoms with E-state index in [1.165, 1.54) is 206 Å². The fourth-order valence-electron chi connectivity index (χ4n) is 8.85. The molecule has 348 valence electrons. The van der Waals surface area contributed by atoms with Gasteiger partial charge in [-0.15, -0.1) is 90.7 Å². The van der Waals surface area contributed by atoms with Crippen LogP contribution in [0, 0.1) is 0 Å². The van der Waals surface area contributed by atoms with Gasteiger partial charge in [0.1, 0.15) is 0 Å². The van der Waals surface area contributed by atoms with Crippen molar-refractivity contribution in [3.8, 4) is 58.5 Å². The van der Waals surface area contributed by atoms with Gasteiger partial charge in [-0.3, -0.25) is 0 Å². The molecular formula is C58H68S8. The molecule has 0 aliphatic rings. The molecule has 0 radical (unpaired) electrons. The molecular weight excluding hydrogens is 953 g/mol. The zero-order chi connectivity index (χ0) is 45.5. The Labute approximate surface area is 429 Å². The van der Waals surface area contributed by atoms with E-state index in [9.17, 15) is 0 Å². The molecule has 8 aromatic heterocycles. The number of aryl methyl sites for hydroxylation is 4. The van der Waals surface area contributed by atoms with E-state index in [1.807, 2.05) is 90.7 Å². The van der Waals surface area contributed by atoms with Crippen LogP contribution in [0.1, 0.15) is 162 Å². The summed E-state index contributed by atoms with van der Waals surface area (Å²) in [6.45, 7) is 9.22. The molecule has 8 heterocycles. The minimum absolute atomic E-state index is 1.15. The first-order chi connectivity index (χ1) is 32.5. The van der Waals surface area contributed by atoms with E-state index in [0.29, 0.717) is 0 Å². The van der Waals surface area contributed by atoms with Gasteiger partial charge >= 0.3 is 0 Å². The Hall–Kier alpha value is -2.66. The molecule has 0 nitrogen and oxygen atoms in total. The van der Waals surface area contributed by atoms with Crippen LogP contribution in [0.25, 0.3) is 70.7 Å². The zero-order valence-electron chi connectivity index (χ0n) is 39.6. The quantitative estimate of drug-likeness (QED) is 0.0429. The van der Waals surface area contributed by atoms with Crippen molar-refractivity contribution in [1.82, 2.24) is 0 Å². The molecule has 0 spiro atoms. The number of hydrogen-bond donors (Lipinski definition) is 0. The van der Waals surface area contributed by atoms with E-state index >= 15 is 0 Å². The molecule has 0 aliphatic carbocycles. The van der Waals surface area contributed by atoms with Gasteiger partial charge in [-0.2, -0.15) is 0 Å². The van der Waals surface area contributed by atoms with Crippen molar-refractivity contribution in [3.05, 3.63) is 116 Å². The second-order valence-electron chi connectivity index (χ2n) is 17.8. The average molecular weight is 1020 g/mol. The van der Waals surface area contributed by atoms with Crippen LogP contribution in [-0.4, -0.2) is 0 Å². The van der Waals surface area contributed by atoms with E-state index in [1.54, 1.807) is 0 Å². The first-order valence-corrected chi connectivity index (χ1v) is 31.7. The van der Waals surface area contributed by atoms with Gasteiger partial charge in [-0.25, -0.2) is 0 Å². The van der Waals surface area contributed by atoms with Crippen molar-refractivity contribution in [1.29, 1.82) is 0 Å². The second kappa shape index (κ2) is 25.8. The highest BCUT2D eigenvalue weighted by Gasteiger charge is 2.18. The van der Waals surface area contributed by atoms with Crippen molar-refractivity contribution >= 4 is 103 Å². The molecule has 0 bridgehead atoms. The highest BCUT2D eigenvalue weighted by molar-refractivity contribution is 7.29. The summed E-state index contributed by atoms with van der Waals surface area (Å²) in [6, 6.07) is 28.8. The summed E-state index contributed by atoms with van der Waals surface area (Å²) >= 11 is 15.7. The van der Waals surface area contributed by atoms with Gasteiger partial charge in [-0.1, -0.05) is 105 Å². The van der Waals surface area contributed by atoms with Crippen LogP contribution < -0.4 is 0 Å². The van der Waals surface area contributed by atoms with Crippen LogP contribution >= 0.6 is 90.7 Å². The maximum Gasteiger partial charge on any atom is 0.0481 e. The Morgan fingerprint density at radius 2 is 0.606 bits per heavy atom. The van der Waals surface area contributed by atoms with Crippen LogP contribution in [0.3, 0.4) is 0 Å². The van der Waals surface area contributed by atoms with E-state index in [4.69, 9.17) is 0 Å². The molecule has 0 saturated carbocycles. The molecule has 0 saturated heterocycles. The van der Waals surface area contributed by atoms with E-state index in [-0.39, 0.29) is 0 Å². The summed E-state index contributed by atoms with van der Waals surface area (Å²) in [5.41, 5.74) is 6.11. The van der Waals surface area contributed by atoms with Crippen molar-refractivity contribution in [2.45, 2.75) is 156 Å². The maximum atomic E-state index is 2.51. The van der Waals surface area contributed by atoms with E-state index in [2.05, 4.69) is 123 Å². The first kappa shape index (κ1) is 49.8. The molecule has 0 amide bonds. The summed E-state index contributed by atoms with van der Waals surface area (Å²) in [5, 5.41) is 4.58. The van der Waals surface area contributed by atoms with Gasteiger partial charge in [0.15, 0.2) is 0 Å². The summed E-state index contributed by atoms with van der Waals surface area (Å²) < 4.78 is 0. The molecule has 66 heavy (non-hydrogen) atoms. The number of thiophene rings is 8. The molecule has 0 fully saturated rings. The van der Waals surface area contributed by atoms with E-state index < -0.39 is 0 Å². The third-order valence-corrected chi connectivity index (χ3v) is 22.2. The normalized spacial score (nSPS) is 11.9. The molecule has 0 atom stereocenters. The number of hydrogen-bond acceptors (Lipinski definition) is 8. The minimum Gasteiger partial charge on any atom is -0.143 e. The topological polar surface area (TPSA) is 0 Å². The van der Waals surface area contributed by atoms with Crippen molar-refractivity contribution in [2.75, 3.05) is 0 Å². The van der Waals surface area contributed by atoms with Gasteiger partial charge in [0, 0.05) is 68.3 Å². The lowest BCUT2D eigenvalue weighted by molar-refractivity contribution is 0.668. The number of rotatable bonds is 28. The summed E-state index contributed by atoms with van der Waals surface area (Å²) in [5.74, 6) is 0. The van der Waals surface area contributed by atoms with Crippen LogP contribution in [0.2, 0.25) is 0 Å². The van der Waals surface area contributed by atoms with Crippen LogP contribution in [0.15, 0.2) is 83.6 Å². The SMILES string of the molecule is CCCCCCc1ccsc1-c1ccc(-c2ccc(-c3sc(/C=C/c4cc(CCCCCC)c(-c5ccc(-c6ccc(-c7sccc7CCCCCC)s6)s5)s4)cc3CCCCCC)s2)s1. The predicted octanol–water partition coefficient (Wildman–Crippen LogP) is 22.8. The molecule has 8 heteroatoms. The Morgan fingerprint density at radius 1 is 0.303 bits per heavy atom. The summed E-state index contributed by atoms with van der Waals surface area (Å²) in [7, 11) is 0.